The van der Waals surface area contributed by atoms with Crippen molar-refractivity contribution in [3.05, 3.63) is 0 Å². The number of alkyl halides is 1. The van der Waals surface area contributed by atoms with Crippen LogP contribution in [0.15, 0.2) is 9.64 Å². The summed E-state index contributed by atoms with van der Waals surface area (Å²) >= 11 is 4.75. The molecule has 2 N–H and O–H groups in total. The van der Waals surface area contributed by atoms with Crippen LogP contribution in [0.25, 0.3) is 0 Å². The smallest absolute Gasteiger partial charge is 0.313 e. The third kappa shape index (κ3) is 2.18. The van der Waals surface area contributed by atoms with Crippen LogP contribution in [0.4, 0.5) is 6.01 Å². The van der Waals surface area contributed by atoms with E-state index in [9.17, 15) is 0 Å². The van der Waals surface area contributed by atoms with Crippen molar-refractivity contribution in [2.24, 2.45) is 0 Å². The zero-order valence-electron chi connectivity index (χ0n) is 5.08. The maximum atomic E-state index is 5.18. The quantitative estimate of drug-likeness (QED) is 0.616. The number of rotatable bonds is 3. The molecule has 0 radical (unpaired) electrons. The highest BCUT2D eigenvalue weighted by Gasteiger charge is 2.00. The molecule has 1 aromatic heterocycles. The maximum Gasteiger partial charge on any atom is 0.313 e. The van der Waals surface area contributed by atoms with E-state index in [1.54, 1.807) is 0 Å². The van der Waals surface area contributed by atoms with E-state index >= 15 is 0 Å². The molecule has 0 atom stereocenters. The molecule has 0 aliphatic heterocycles. The van der Waals surface area contributed by atoms with Gasteiger partial charge < -0.3 is 10.2 Å². The van der Waals surface area contributed by atoms with Crippen LogP contribution in [-0.2, 0) is 0 Å². The Kier molecular flexibility index (Phi) is 3.01. The topological polar surface area (TPSA) is 64.9 Å². The van der Waals surface area contributed by atoms with Gasteiger partial charge in [0.1, 0.15) is 0 Å². The highest BCUT2D eigenvalue weighted by Crippen LogP contribution is 2.16. The number of nitrogen functional groups attached to an aromatic ring is 1. The van der Waals surface area contributed by atoms with Crippen molar-refractivity contribution in [1.82, 2.24) is 10.2 Å². The molecule has 0 aliphatic rings. The van der Waals surface area contributed by atoms with Gasteiger partial charge in [-0.1, -0.05) is 37.9 Å². The van der Waals surface area contributed by atoms with Crippen LogP contribution < -0.4 is 5.73 Å². The van der Waals surface area contributed by atoms with E-state index in [0.29, 0.717) is 5.22 Å². The molecule has 4 nitrogen and oxygen atoms in total. The van der Waals surface area contributed by atoms with Crippen LogP contribution in [0.5, 0.6) is 0 Å². The lowest BCUT2D eigenvalue weighted by Gasteiger charge is -1.86. The molecule has 0 unspecified atom stereocenters. The Hall–Kier alpha value is -0.230. The van der Waals surface area contributed by atoms with E-state index in [-0.39, 0.29) is 6.01 Å². The largest absolute Gasteiger partial charge is 0.398 e. The van der Waals surface area contributed by atoms with Gasteiger partial charge >= 0.3 is 6.01 Å². The lowest BCUT2D eigenvalue weighted by atomic mass is 11.0. The molecule has 0 saturated carbocycles. The average Bonchev–Trinajstić information content (AvgIpc) is 2.31. The summed E-state index contributed by atoms with van der Waals surface area (Å²) in [5.41, 5.74) is 5.18. The minimum absolute atomic E-state index is 0.122. The second kappa shape index (κ2) is 3.82. The first-order valence-corrected chi connectivity index (χ1v) is 4.71. The van der Waals surface area contributed by atoms with Crippen molar-refractivity contribution >= 4 is 33.7 Å². The van der Waals surface area contributed by atoms with Crippen molar-refractivity contribution in [3.63, 3.8) is 0 Å². The molecule has 0 aromatic carbocycles. The van der Waals surface area contributed by atoms with Gasteiger partial charge in [-0.15, -0.1) is 0 Å². The summed E-state index contributed by atoms with van der Waals surface area (Å²) in [6.45, 7) is 0. The lowest BCUT2D eigenvalue weighted by Crippen LogP contribution is -1.81. The van der Waals surface area contributed by atoms with Gasteiger partial charge in [-0.05, 0) is 0 Å². The number of nitrogens with zero attached hydrogens (tertiary/aromatic N) is 2. The second-order valence-corrected chi connectivity index (χ2v) is 3.28. The Morgan fingerprint density at radius 1 is 1.60 bits per heavy atom. The molecule has 56 valence electrons. The molecule has 0 spiro atoms. The first-order chi connectivity index (χ1) is 4.83. The van der Waals surface area contributed by atoms with Gasteiger partial charge in [-0.25, -0.2) is 0 Å². The molecule has 1 rings (SSSR count). The molecule has 0 fully saturated rings. The monoisotopic (exact) mass is 223 g/mol. The molecule has 0 aliphatic carbocycles. The van der Waals surface area contributed by atoms with Crippen LogP contribution in [0.3, 0.4) is 0 Å². The third-order valence-electron chi connectivity index (χ3n) is 0.725. The van der Waals surface area contributed by atoms with Gasteiger partial charge in [0, 0.05) is 11.1 Å². The van der Waals surface area contributed by atoms with Crippen molar-refractivity contribution < 1.29 is 4.42 Å². The second-order valence-electron chi connectivity index (χ2n) is 1.44. The van der Waals surface area contributed by atoms with E-state index in [1.807, 2.05) is 0 Å². The number of nitrogens with two attached hydrogens (primary N) is 1. The molecule has 1 aromatic rings. The van der Waals surface area contributed by atoms with Crippen LogP contribution in [0.2, 0.25) is 0 Å². The summed E-state index contributed by atoms with van der Waals surface area (Å²) in [5, 5.41) is 8.58. The first-order valence-electron chi connectivity index (χ1n) is 2.60. The van der Waals surface area contributed by atoms with E-state index < -0.39 is 0 Å². The lowest BCUT2D eigenvalue weighted by molar-refractivity contribution is 0.470. The summed E-state index contributed by atoms with van der Waals surface area (Å²) < 4.78 is 4.88. The van der Waals surface area contributed by atoms with E-state index in [0.717, 1.165) is 11.1 Å². The number of hydrogen-bond donors (Lipinski definition) is 1. The van der Waals surface area contributed by atoms with Crippen molar-refractivity contribution in [2.75, 3.05) is 16.8 Å². The first kappa shape index (κ1) is 7.87. The Bertz CT molecular complexity index is 204. The van der Waals surface area contributed by atoms with Gasteiger partial charge in [-0.3, -0.25) is 0 Å². The van der Waals surface area contributed by atoms with Crippen molar-refractivity contribution in [1.29, 1.82) is 0 Å². The molecule has 0 saturated heterocycles. The fourth-order valence-corrected chi connectivity index (χ4v) is 1.38. The van der Waals surface area contributed by atoms with Gasteiger partial charge in [0.05, 0.1) is 0 Å². The van der Waals surface area contributed by atoms with Crippen LogP contribution in [-0.4, -0.2) is 21.3 Å². The van der Waals surface area contributed by atoms with Gasteiger partial charge in [-0.2, -0.15) is 0 Å². The fraction of sp³-hybridized carbons (Fsp3) is 0.500. The SMILES string of the molecule is Nc1nnc(SCCBr)o1. The van der Waals surface area contributed by atoms with Gasteiger partial charge in [0.25, 0.3) is 5.22 Å². The van der Waals surface area contributed by atoms with Crippen LogP contribution in [0, 0.1) is 0 Å². The van der Waals surface area contributed by atoms with E-state index in [2.05, 4.69) is 26.1 Å². The van der Waals surface area contributed by atoms with Crippen LogP contribution in [0.1, 0.15) is 0 Å². The zero-order valence-corrected chi connectivity index (χ0v) is 7.48. The van der Waals surface area contributed by atoms with E-state index in [4.69, 9.17) is 10.2 Å². The Labute approximate surface area is 70.7 Å². The standard InChI is InChI=1S/C4H6BrN3OS/c5-1-2-10-4-8-7-3(6)9-4/h1-2H2,(H2,6,7). The number of thioether (sulfide) groups is 1. The van der Waals surface area contributed by atoms with Crippen LogP contribution >= 0.6 is 27.7 Å². The molecule has 0 amide bonds. The minimum atomic E-state index is 0.122. The number of anilines is 1. The average molecular weight is 224 g/mol. The normalized spacial score (nSPS) is 10.1. The highest BCUT2D eigenvalue weighted by molar-refractivity contribution is 9.09. The van der Waals surface area contributed by atoms with Gasteiger partial charge in [0.2, 0.25) is 0 Å². The zero-order chi connectivity index (χ0) is 7.40. The molecular weight excluding hydrogens is 218 g/mol. The Morgan fingerprint density at radius 2 is 2.40 bits per heavy atom. The molecule has 1 heterocycles. The maximum absolute atomic E-state index is 5.18. The molecule has 10 heavy (non-hydrogen) atoms. The Morgan fingerprint density at radius 3 is 2.90 bits per heavy atom. The predicted molar refractivity (Wildman–Crippen MR) is 43.2 cm³/mol. The fourth-order valence-electron chi connectivity index (χ4n) is 0.405. The summed E-state index contributed by atoms with van der Waals surface area (Å²) in [4.78, 5) is 0. The predicted octanol–water partition coefficient (Wildman–Crippen LogP) is 1.14. The summed E-state index contributed by atoms with van der Waals surface area (Å²) in [7, 11) is 0. The number of hydrogen-bond acceptors (Lipinski definition) is 5. The van der Waals surface area contributed by atoms with Crippen molar-refractivity contribution in [3.8, 4) is 0 Å². The molecule has 6 heteroatoms. The van der Waals surface area contributed by atoms with Gasteiger partial charge in [0.15, 0.2) is 0 Å². The minimum Gasteiger partial charge on any atom is -0.398 e. The van der Waals surface area contributed by atoms with Crippen molar-refractivity contribution in [2.45, 2.75) is 5.22 Å². The molecular formula is C4H6BrN3OS. The number of aromatic nitrogens is 2. The number of halogens is 1. The highest BCUT2D eigenvalue weighted by atomic mass is 79.9. The summed E-state index contributed by atoms with van der Waals surface area (Å²) in [6.07, 6.45) is 0. The summed E-state index contributed by atoms with van der Waals surface area (Å²) in [6, 6.07) is 0.122. The van der Waals surface area contributed by atoms with E-state index in [1.165, 1.54) is 11.8 Å². The Balaban J connectivity index is 2.42. The third-order valence-corrected chi connectivity index (χ3v) is 2.47. The summed E-state index contributed by atoms with van der Waals surface area (Å²) in [5.74, 6) is 0.904. The molecule has 0 bridgehead atoms.